The monoisotopic (exact) mass is 326 g/mol. The Morgan fingerprint density at radius 2 is 1.79 bits per heavy atom. The standard InChI is InChI=1S/C17H22N6O/c1-10-6-12(3)22(20-10)14(5)9-18-17(24)15-8-13(4)23-16(19-15)7-11(2)21-23/h6-8,14H,9H2,1-5H3,(H,18,24)/t14-/m0/s1. The zero-order chi connectivity index (χ0) is 17.4. The molecule has 0 aliphatic carbocycles. The lowest BCUT2D eigenvalue weighted by molar-refractivity contribution is 0.0942. The highest BCUT2D eigenvalue weighted by Crippen LogP contribution is 2.11. The van der Waals surface area contributed by atoms with E-state index in [4.69, 9.17) is 0 Å². The van der Waals surface area contributed by atoms with Gasteiger partial charge in [-0.05, 0) is 46.8 Å². The lowest BCUT2D eigenvalue weighted by Crippen LogP contribution is -2.31. The minimum atomic E-state index is -0.187. The topological polar surface area (TPSA) is 77.1 Å². The molecule has 1 atom stereocenters. The van der Waals surface area contributed by atoms with Crippen molar-refractivity contribution < 1.29 is 4.79 Å². The minimum absolute atomic E-state index is 0.0738. The average Bonchev–Trinajstić information content (AvgIpc) is 3.06. The van der Waals surface area contributed by atoms with Gasteiger partial charge in [0.05, 0.1) is 17.4 Å². The Hall–Kier alpha value is -2.70. The Bertz CT molecular complexity index is 907. The molecule has 24 heavy (non-hydrogen) atoms. The Balaban J connectivity index is 1.74. The third kappa shape index (κ3) is 3.02. The van der Waals surface area contributed by atoms with Crippen molar-refractivity contribution in [3.05, 3.63) is 46.7 Å². The van der Waals surface area contributed by atoms with Gasteiger partial charge in [-0.15, -0.1) is 0 Å². The third-order valence-electron chi connectivity index (χ3n) is 3.98. The molecule has 0 radical (unpaired) electrons. The van der Waals surface area contributed by atoms with Crippen LogP contribution >= 0.6 is 0 Å². The van der Waals surface area contributed by atoms with Gasteiger partial charge in [-0.1, -0.05) is 0 Å². The highest BCUT2D eigenvalue weighted by Gasteiger charge is 2.14. The second-order valence-corrected chi connectivity index (χ2v) is 6.27. The molecule has 0 saturated heterocycles. The normalized spacial score (nSPS) is 12.5. The van der Waals surface area contributed by atoms with E-state index in [9.17, 15) is 4.79 Å². The summed E-state index contributed by atoms with van der Waals surface area (Å²) in [6, 6.07) is 5.72. The Labute approximate surface area is 140 Å². The summed E-state index contributed by atoms with van der Waals surface area (Å²) < 4.78 is 3.67. The molecule has 0 aliphatic rings. The van der Waals surface area contributed by atoms with Gasteiger partial charge < -0.3 is 5.32 Å². The van der Waals surface area contributed by atoms with E-state index >= 15 is 0 Å². The zero-order valence-corrected chi connectivity index (χ0v) is 14.7. The first kappa shape index (κ1) is 16.2. The molecule has 1 amide bonds. The summed E-state index contributed by atoms with van der Waals surface area (Å²) in [6.45, 7) is 10.3. The van der Waals surface area contributed by atoms with Gasteiger partial charge in [-0.2, -0.15) is 10.2 Å². The maximum Gasteiger partial charge on any atom is 0.270 e. The SMILES string of the molecule is Cc1cc(C)n([C@@H](C)CNC(=O)c2cc(C)n3nc(C)cc3n2)n1. The number of rotatable bonds is 4. The molecule has 3 heterocycles. The highest BCUT2D eigenvalue weighted by molar-refractivity contribution is 5.92. The minimum Gasteiger partial charge on any atom is -0.349 e. The molecule has 0 aliphatic heterocycles. The summed E-state index contributed by atoms with van der Waals surface area (Å²) in [7, 11) is 0. The van der Waals surface area contributed by atoms with E-state index in [-0.39, 0.29) is 11.9 Å². The molecule has 0 spiro atoms. The number of nitrogens with one attached hydrogen (secondary N) is 1. The summed E-state index contributed by atoms with van der Waals surface area (Å²) in [4.78, 5) is 16.8. The predicted octanol–water partition coefficient (Wildman–Crippen LogP) is 2.15. The van der Waals surface area contributed by atoms with Crippen LogP contribution in [0.25, 0.3) is 5.65 Å². The first-order valence-electron chi connectivity index (χ1n) is 8.00. The van der Waals surface area contributed by atoms with E-state index < -0.39 is 0 Å². The largest absolute Gasteiger partial charge is 0.349 e. The van der Waals surface area contributed by atoms with Gasteiger partial charge in [-0.25, -0.2) is 9.50 Å². The molecule has 126 valence electrons. The van der Waals surface area contributed by atoms with Crippen LogP contribution in [0.4, 0.5) is 0 Å². The smallest absolute Gasteiger partial charge is 0.270 e. The van der Waals surface area contributed by atoms with Crippen molar-refractivity contribution in [2.45, 2.75) is 40.7 Å². The molecule has 0 unspecified atom stereocenters. The zero-order valence-electron chi connectivity index (χ0n) is 14.7. The summed E-state index contributed by atoms with van der Waals surface area (Å²) in [5.41, 5.74) is 4.90. The fraction of sp³-hybridized carbons (Fsp3) is 0.412. The number of carbonyl (C=O) groups is 1. The van der Waals surface area contributed by atoms with E-state index in [1.807, 2.05) is 51.4 Å². The number of hydrogen-bond donors (Lipinski definition) is 1. The molecular formula is C17H22N6O. The lowest BCUT2D eigenvalue weighted by atomic mass is 10.3. The van der Waals surface area contributed by atoms with Crippen LogP contribution in [0, 0.1) is 27.7 Å². The molecule has 3 aromatic rings. The van der Waals surface area contributed by atoms with E-state index in [1.165, 1.54) is 0 Å². The molecule has 0 aromatic carbocycles. The van der Waals surface area contributed by atoms with Crippen molar-refractivity contribution in [1.82, 2.24) is 29.7 Å². The number of amides is 1. The predicted molar refractivity (Wildman–Crippen MR) is 91.2 cm³/mol. The first-order chi connectivity index (χ1) is 11.3. The van der Waals surface area contributed by atoms with E-state index in [1.54, 1.807) is 10.6 Å². The van der Waals surface area contributed by atoms with Crippen molar-refractivity contribution in [2.75, 3.05) is 6.54 Å². The van der Waals surface area contributed by atoms with Crippen LogP contribution in [-0.4, -0.2) is 36.8 Å². The van der Waals surface area contributed by atoms with E-state index in [0.29, 0.717) is 17.9 Å². The maximum absolute atomic E-state index is 12.4. The fourth-order valence-electron chi connectivity index (χ4n) is 2.87. The summed E-state index contributed by atoms with van der Waals surface area (Å²) in [5.74, 6) is -0.187. The summed E-state index contributed by atoms with van der Waals surface area (Å²) in [5, 5.41) is 11.7. The second-order valence-electron chi connectivity index (χ2n) is 6.27. The van der Waals surface area contributed by atoms with E-state index in [2.05, 4.69) is 20.5 Å². The van der Waals surface area contributed by atoms with Gasteiger partial charge in [0.25, 0.3) is 5.91 Å². The van der Waals surface area contributed by atoms with Crippen molar-refractivity contribution in [2.24, 2.45) is 0 Å². The van der Waals surface area contributed by atoms with Crippen molar-refractivity contribution in [1.29, 1.82) is 0 Å². The van der Waals surface area contributed by atoms with Crippen LogP contribution in [0.15, 0.2) is 18.2 Å². The molecule has 3 aromatic heterocycles. The van der Waals surface area contributed by atoms with Crippen LogP contribution in [0.5, 0.6) is 0 Å². The number of aromatic nitrogens is 5. The lowest BCUT2D eigenvalue weighted by Gasteiger charge is -2.15. The maximum atomic E-state index is 12.4. The molecule has 3 rings (SSSR count). The van der Waals surface area contributed by atoms with Gasteiger partial charge >= 0.3 is 0 Å². The van der Waals surface area contributed by atoms with Gasteiger partial charge in [0.2, 0.25) is 0 Å². The van der Waals surface area contributed by atoms with Crippen molar-refractivity contribution in [3.63, 3.8) is 0 Å². The molecule has 7 heteroatoms. The molecule has 7 nitrogen and oxygen atoms in total. The fourth-order valence-corrected chi connectivity index (χ4v) is 2.87. The first-order valence-corrected chi connectivity index (χ1v) is 8.00. The molecule has 0 saturated carbocycles. The number of carbonyl (C=O) groups excluding carboxylic acids is 1. The van der Waals surface area contributed by atoms with E-state index in [0.717, 1.165) is 22.8 Å². The molecule has 0 fully saturated rings. The number of aryl methyl sites for hydroxylation is 4. The molecule has 0 bridgehead atoms. The molecule has 1 N–H and O–H groups in total. The third-order valence-corrected chi connectivity index (χ3v) is 3.98. The number of fused-ring (bicyclic) bond motifs is 1. The summed E-state index contributed by atoms with van der Waals surface area (Å²) in [6.07, 6.45) is 0. The Morgan fingerprint density at radius 3 is 2.46 bits per heavy atom. The van der Waals surface area contributed by atoms with Crippen LogP contribution in [0.1, 0.15) is 46.2 Å². The van der Waals surface area contributed by atoms with Gasteiger partial charge in [0.1, 0.15) is 5.69 Å². The number of hydrogen-bond acceptors (Lipinski definition) is 4. The van der Waals surface area contributed by atoms with Gasteiger partial charge in [0, 0.05) is 24.0 Å². The van der Waals surface area contributed by atoms with Crippen LogP contribution in [0.3, 0.4) is 0 Å². The van der Waals surface area contributed by atoms with Crippen LogP contribution < -0.4 is 5.32 Å². The number of nitrogens with zero attached hydrogens (tertiary/aromatic N) is 5. The van der Waals surface area contributed by atoms with Crippen molar-refractivity contribution in [3.8, 4) is 0 Å². The molecular weight excluding hydrogens is 304 g/mol. The van der Waals surface area contributed by atoms with Gasteiger partial charge in [0.15, 0.2) is 5.65 Å². The van der Waals surface area contributed by atoms with Crippen LogP contribution in [0.2, 0.25) is 0 Å². The second kappa shape index (κ2) is 6.07. The Morgan fingerprint density at radius 1 is 1.08 bits per heavy atom. The Kier molecular flexibility index (Phi) is 4.09. The summed E-state index contributed by atoms with van der Waals surface area (Å²) >= 11 is 0. The quantitative estimate of drug-likeness (QED) is 0.797. The van der Waals surface area contributed by atoms with Gasteiger partial charge in [-0.3, -0.25) is 9.48 Å². The average molecular weight is 326 g/mol. The highest BCUT2D eigenvalue weighted by atomic mass is 16.1. The van der Waals surface area contributed by atoms with Crippen molar-refractivity contribution >= 4 is 11.6 Å². The van der Waals surface area contributed by atoms with Crippen LogP contribution in [-0.2, 0) is 0 Å².